The lowest BCUT2D eigenvalue weighted by Gasteiger charge is -2.34. The van der Waals surface area contributed by atoms with Gasteiger partial charge in [0.25, 0.3) is 0 Å². The van der Waals surface area contributed by atoms with Crippen molar-refractivity contribution >= 4 is 29.3 Å². The van der Waals surface area contributed by atoms with Crippen LogP contribution < -0.4 is 10.1 Å². The third-order valence-electron chi connectivity index (χ3n) is 3.71. The molecule has 2 amide bonds. The molecule has 10 heteroatoms. The highest BCUT2D eigenvalue weighted by Gasteiger charge is 2.34. The zero-order valence-electron chi connectivity index (χ0n) is 13.1. The molecule has 0 bridgehead atoms. The van der Waals surface area contributed by atoms with Gasteiger partial charge in [0.1, 0.15) is 0 Å². The number of carbonyl (C=O) groups is 2. The molecule has 2 rings (SSSR count). The molecule has 1 aliphatic rings. The highest BCUT2D eigenvalue weighted by molar-refractivity contribution is 6.31. The van der Waals surface area contributed by atoms with Gasteiger partial charge in [0.2, 0.25) is 0 Å². The summed E-state index contributed by atoms with van der Waals surface area (Å²) in [6, 6.07) is 2.60. The standard InChI is InChI=1S/C15H16ClF3N2O4/c1-8-4-9(13(22)23)7-21(6-8)14(24)20-11-5-10(16)2-3-12(11)25-15(17,18)19/h2-3,5,8-9H,4,6-7H2,1H3,(H,20,24)(H,22,23). The zero-order valence-corrected chi connectivity index (χ0v) is 13.9. The number of nitrogens with zero attached hydrogens (tertiary/aromatic N) is 1. The van der Waals surface area contributed by atoms with E-state index < -0.39 is 30.0 Å². The van der Waals surface area contributed by atoms with E-state index in [2.05, 4.69) is 10.1 Å². The Balaban J connectivity index is 2.16. The number of piperidine rings is 1. The lowest BCUT2D eigenvalue weighted by atomic mass is 9.91. The maximum atomic E-state index is 12.5. The Bertz CT molecular complexity index is 669. The quantitative estimate of drug-likeness (QED) is 0.835. The van der Waals surface area contributed by atoms with Crippen molar-refractivity contribution in [2.45, 2.75) is 19.7 Å². The first-order valence-electron chi connectivity index (χ1n) is 7.39. The fraction of sp³-hybridized carbons (Fsp3) is 0.467. The van der Waals surface area contributed by atoms with E-state index in [0.717, 1.165) is 12.1 Å². The molecule has 1 aromatic rings. The summed E-state index contributed by atoms with van der Waals surface area (Å²) >= 11 is 5.77. The summed E-state index contributed by atoms with van der Waals surface area (Å²) in [6.07, 6.45) is -4.50. The van der Waals surface area contributed by atoms with Gasteiger partial charge in [-0.05, 0) is 30.5 Å². The first-order valence-corrected chi connectivity index (χ1v) is 7.77. The molecule has 1 heterocycles. The van der Waals surface area contributed by atoms with Gasteiger partial charge in [0.05, 0.1) is 11.6 Å². The van der Waals surface area contributed by atoms with E-state index in [1.165, 1.54) is 11.0 Å². The fourth-order valence-electron chi connectivity index (χ4n) is 2.70. The molecule has 0 saturated carbocycles. The molecule has 25 heavy (non-hydrogen) atoms. The van der Waals surface area contributed by atoms with Gasteiger partial charge >= 0.3 is 18.4 Å². The second-order valence-electron chi connectivity index (χ2n) is 5.90. The minimum Gasteiger partial charge on any atom is -0.481 e. The van der Waals surface area contributed by atoms with Gasteiger partial charge < -0.3 is 20.1 Å². The summed E-state index contributed by atoms with van der Waals surface area (Å²) in [7, 11) is 0. The van der Waals surface area contributed by atoms with Crippen molar-refractivity contribution in [1.82, 2.24) is 4.90 Å². The summed E-state index contributed by atoms with van der Waals surface area (Å²) < 4.78 is 41.3. The van der Waals surface area contributed by atoms with E-state index in [-0.39, 0.29) is 23.2 Å². The number of anilines is 1. The number of ether oxygens (including phenoxy) is 1. The molecule has 1 saturated heterocycles. The lowest BCUT2D eigenvalue weighted by molar-refractivity contribution is -0.274. The molecular weight excluding hydrogens is 365 g/mol. The average molecular weight is 381 g/mol. The van der Waals surface area contributed by atoms with Crippen molar-refractivity contribution in [3.05, 3.63) is 23.2 Å². The van der Waals surface area contributed by atoms with Crippen LogP contribution in [-0.2, 0) is 4.79 Å². The summed E-state index contributed by atoms with van der Waals surface area (Å²) in [6.45, 7) is 2.07. The maximum Gasteiger partial charge on any atom is 0.573 e. The lowest BCUT2D eigenvalue weighted by Crippen LogP contribution is -2.47. The summed E-state index contributed by atoms with van der Waals surface area (Å²) in [5, 5.41) is 11.6. The summed E-state index contributed by atoms with van der Waals surface area (Å²) in [5.41, 5.74) is -0.250. The van der Waals surface area contributed by atoms with Crippen LogP contribution in [0, 0.1) is 11.8 Å². The van der Waals surface area contributed by atoms with Crippen LogP contribution >= 0.6 is 11.6 Å². The number of likely N-dealkylation sites (tertiary alicyclic amines) is 1. The molecule has 0 spiro atoms. The van der Waals surface area contributed by atoms with Crippen molar-refractivity contribution in [1.29, 1.82) is 0 Å². The van der Waals surface area contributed by atoms with Gasteiger partial charge in [-0.2, -0.15) is 0 Å². The highest BCUT2D eigenvalue weighted by atomic mass is 35.5. The normalized spacial score (nSPS) is 20.9. The van der Waals surface area contributed by atoms with Crippen LogP contribution in [0.5, 0.6) is 5.75 Å². The van der Waals surface area contributed by atoms with Crippen LogP contribution in [0.2, 0.25) is 5.02 Å². The highest BCUT2D eigenvalue weighted by Crippen LogP contribution is 2.33. The molecule has 1 fully saturated rings. The van der Waals surface area contributed by atoms with Crippen molar-refractivity contribution in [2.24, 2.45) is 11.8 Å². The number of hydrogen-bond acceptors (Lipinski definition) is 3. The van der Waals surface area contributed by atoms with Gasteiger partial charge in [0.15, 0.2) is 5.75 Å². The van der Waals surface area contributed by atoms with Crippen LogP contribution in [0.1, 0.15) is 13.3 Å². The second-order valence-corrected chi connectivity index (χ2v) is 6.34. The number of carbonyl (C=O) groups excluding carboxylic acids is 1. The molecular formula is C15H16ClF3N2O4. The van der Waals surface area contributed by atoms with Crippen LogP contribution in [0.4, 0.5) is 23.7 Å². The monoisotopic (exact) mass is 380 g/mol. The molecule has 138 valence electrons. The Labute approximate surface area is 146 Å². The van der Waals surface area contributed by atoms with Crippen LogP contribution in [0.25, 0.3) is 0 Å². The van der Waals surface area contributed by atoms with E-state index in [1.807, 2.05) is 0 Å². The zero-order chi connectivity index (χ0) is 18.8. The topological polar surface area (TPSA) is 78.9 Å². The Morgan fingerprint density at radius 1 is 1.36 bits per heavy atom. The van der Waals surface area contributed by atoms with E-state index in [1.54, 1.807) is 6.92 Å². The van der Waals surface area contributed by atoms with Crippen molar-refractivity contribution in [3.8, 4) is 5.75 Å². The van der Waals surface area contributed by atoms with E-state index in [9.17, 15) is 22.8 Å². The number of hydrogen-bond donors (Lipinski definition) is 2. The molecule has 2 unspecified atom stereocenters. The van der Waals surface area contributed by atoms with E-state index in [0.29, 0.717) is 13.0 Å². The van der Waals surface area contributed by atoms with E-state index in [4.69, 9.17) is 16.7 Å². The van der Waals surface area contributed by atoms with Gasteiger partial charge in [-0.1, -0.05) is 18.5 Å². The molecule has 1 aromatic carbocycles. The van der Waals surface area contributed by atoms with Crippen molar-refractivity contribution in [2.75, 3.05) is 18.4 Å². The third kappa shape index (κ3) is 5.42. The minimum atomic E-state index is -4.93. The van der Waals surface area contributed by atoms with Gasteiger partial charge in [-0.25, -0.2) is 4.79 Å². The smallest absolute Gasteiger partial charge is 0.481 e. The SMILES string of the molecule is CC1CC(C(=O)O)CN(C(=O)Nc2cc(Cl)ccc2OC(F)(F)F)C1. The Morgan fingerprint density at radius 3 is 2.64 bits per heavy atom. The first-order chi connectivity index (χ1) is 11.5. The predicted octanol–water partition coefficient (Wildman–Crippen LogP) is 3.81. The van der Waals surface area contributed by atoms with Gasteiger partial charge in [-0.3, -0.25) is 4.79 Å². The van der Waals surface area contributed by atoms with Crippen molar-refractivity contribution in [3.63, 3.8) is 0 Å². The predicted molar refractivity (Wildman–Crippen MR) is 83.6 cm³/mol. The van der Waals surface area contributed by atoms with E-state index >= 15 is 0 Å². The number of carboxylic acid groups (broad SMARTS) is 1. The second kappa shape index (κ2) is 7.38. The number of halogens is 4. The molecule has 0 radical (unpaired) electrons. The van der Waals surface area contributed by atoms with Crippen LogP contribution in [-0.4, -0.2) is 41.5 Å². The Kier molecular flexibility index (Phi) is 5.66. The van der Waals surface area contributed by atoms with Crippen LogP contribution in [0.15, 0.2) is 18.2 Å². The number of amides is 2. The molecule has 6 nitrogen and oxygen atoms in total. The average Bonchev–Trinajstić information content (AvgIpc) is 2.48. The summed E-state index contributed by atoms with van der Waals surface area (Å²) in [5.74, 6) is -2.40. The molecule has 0 aliphatic carbocycles. The number of urea groups is 1. The largest absolute Gasteiger partial charge is 0.573 e. The van der Waals surface area contributed by atoms with Gasteiger partial charge in [0, 0.05) is 18.1 Å². The molecule has 0 aromatic heterocycles. The number of carboxylic acids is 1. The minimum absolute atomic E-state index is 0.0263. The number of alkyl halides is 3. The molecule has 2 N–H and O–H groups in total. The number of benzene rings is 1. The molecule has 1 aliphatic heterocycles. The number of aliphatic carboxylic acids is 1. The summed E-state index contributed by atoms with van der Waals surface area (Å²) in [4.78, 5) is 24.8. The first kappa shape index (κ1) is 19.2. The fourth-order valence-corrected chi connectivity index (χ4v) is 2.88. The van der Waals surface area contributed by atoms with Crippen LogP contribution in [0.3, 0.4) is 0 Å². The Morgan fingerprint density at radius 2 is 2.04 bits per heavy atom. The number of nitrogens with one attached hydrogen (secondary N) is 1. The van der Waals surface area contributed by atoms with Crippen molar-refractivity contribution < 1.29 is 32.6 Å². The molecule has 2 atom stereocenters. The number of rotatable bonds is 3. The maximum absolute atomic E-state index is 12.5. The third-order valence-corrected chi connectivity index (χ3v) is 3.94. The van der Waals surface area contributed by atoms with Gasteiger partial charge in [-0.15, -0.1) is 13.2 Å². The Hall–Kier alpha value is -2.16.